The molecule has 5 nitrogen and oxygen atoms in total. The lowest BCUT2D eigenvalue weighted by molar-refractivity contribution is -0.119. The van der Waals surface area contributed by atoms with Crippen molar-refractivity contribution in [2.75, 3.05) is 6.54 Å². The average Bonchev–Trinajstić information content (AvgIpc) is 2.95. The number of hydrogen-bond donors (Lipinski definition) is 2. The molecule has 3 rings (SSSR count). The molecule has 0 bridgehead atoms. The van der Waals surface area contributed by atoms with Crippen LogP contribution in [0.1, 0.15) is 49.8 Å². The number of rotatable bonds is 3. The molecular formula is C14H22N4O. The number of aromatic nitrogens is 2. The Kier molecular flexibility index (Phi) is 3.31. The highest BCUT2D eigenvalue weighted by molar-refractivity contribution is 5.78. The molecule has 1 unspecified atom stereocenters. The Labute approximate surface area is 113 Å². The van der Waals surface area contributed by atoms with Crippen molar-refractivity contribution < 1.29 is 4.79 Å². The Morgan fingerprint density at radius 3 is 2.95 bits per heavy atom. The first-order valence-electron chi connectivity index (χ1n) is 7.23. The van der Waals surface area contributed by atoms with Crippen LogP contribution in [0.3, 0.4) is 0 Å². The van der Waals surface area contributed by atoms with Crippen LogP contribution in [0.4, 0.5) is 0 Å². The summed E-state index contributed by atoms with van der Waals surface area (Å²) in [4.78, 5) is 16.1. The third-order valence-corrected chi connectivity index (χ3v) is 4.02. The first-order valence-corrected chi connectivity index (χ1v) is 7.23. The Bertz CT molecular complexity index is 492. The zero-order chi connectivity index (χ0) is 13.4. The molecule has 5 heteroatoms. The van der Waals surface area contributed by atoms with Crippen molar-refractivity contribution in [3.05, 3.63) is 17.2 Å². The van der Waals surface area contributed by atoms with Crippen molar-refractivity contribution in [1.82, 2.24) is 20.2 Å². The molecule has 0 spiro atoms. The fraction of sp³-hybridized carbons (Fsp3) is 0.714. The Balaban J connectivity index is 1.89. The summed E-state index contributed by atoms with van der Waals surface area (Å²) in [7, 11) is 0. The van der Waals surface area contributed by atoms with Gasteiger partial charge in [0.25, 0.3) is 0 Å². The Morgan fingerprint density at radius 2 is 2.26 bits per heavy atom. The molecule has 3 heterocycles. The van der Waals surface area contributed by atoms with Gasteiger partial charge in [0.15, 0.2) is 0 Å². The predicted octanol–water partition coefficient (Wildman–Crippen LogP) is 0.931. The van der Waals surface area contributed by atoms with Crippen LogP contribution < -0.4 is 10.6 Å². The van der Waals surface area contributed by atoms with Gasteiger partial charge in [-0.1, -0.05) is 13.8 Å². The molecule has 0 radical (unpaired) electrons. The molecule has 0 saturated carbocycles. The van der Waals surface area contributed by atoms with Gasteiger partial charge in [-0.15, -0.1) is 0 Å². The van der Waals surface area contributed by atoms with E-state index in [0.717, 1.165) is 38.3 Å². The Hall–Kier alpha value is -1.36. The van der Waals surface area contributed by atoms with E-state index in [4.69, 9.17) is 4.98 Å². The van der Waals surface area contributed by atoms with Crippen molar-refractivity contribution in [2.45, 2.75) is 58.2 Å². The van der Waals surface area contributed by atoms with Gasteiger partial charge in [-0.3, -0.25) is 4.79 Å². The summed E-state index contributed by atoms with van der Waals surface area (Å²) < 4.78 is 2.36. The van der Waals surface area contributed by atoms with Crippen molar-refractivity contribution in [3.63, 3.8) is 0 Å². The van der Waals surface area contributed by atoms with E-state index in [9.17, 15) is 4.79 Å². The number of nitrogens with zero attached hydrogens (tertiary/aromatic N) is 2. The van der Waals surface area contributed by atoms with E-state index < -0.39 is 0 Å². The molecule has 1 aromatic rings. The van der Waals surface area contributed by atoms with Crippen molar-refractivity contribution in [3.8, 4) is 0 Å². The molecule has 1 atom stereocenters. The first-order chi connectivity index (χ1) is 9.15. The minimum atomic E-state index is 0.187. The van der Waals surface area contributed by atoms with Crippen LogP contribution in [-0.4, -0.2) is 28.0 Å². The van der Waals surface area contributed by atoms with E-state index in [0.29, 0.717) is 12.3 Å². The lowest BCUT2D eigenvalue weighted by Crippen LogP contribution is -2.32. The number of carbonyl (C=O) groups is 1. The molecule has 19 heavy (non-hydrogen) atoms. The van der Waals surface area contributed by atoms with Crippen molar-refractivity contribution in [1.29, 1.82) is 0 Å². The molecule has 1 aromatic heterocycles. The second kappa shape index (κ2) is 4.96. The molecule has 0 aliphatic carbocycles. The van der Waals surface area contributed by atoms with Gasteiger partial charge in [0.1, 0.15) is 5.82 Å². The number of fused-ring (bicyclic) bond motifs is 1. The molecule has 0 aromatic carbocycles. The van der Waals surface area contributed by atoms with Gasteiger partial charge < -0.3 is 15.2 Å². The maximum Gasteiger partial charge on any atom is 0.220 e. The molecule has 104 valence electrons. The van der Waals surface area contributed by atoms with Gasteiger partial charge in [0, 0.05) is 50.1 Å². The van der Waals surface area contributed by atoms with Gasteiger partial charge in [-0.25, -0.2) is 4.98 Å². The zero-order valence-corrected chi connectivity index (χ0v) is 11.7. The van der Waals surface area contributed by atoms with E-state index in [1.807, 2.05) is 0 Å². The van der Waals surface area contributed by atoms with Crippen molar-refractivity contribution >= 4 is 5.91 Å². The third kappa shape index (κ3) is 2.39. The second-order valence-corrected chi connectivity index (χ2v) is 5.86. The first kappa shape index (κ1) is 12.7. The lowest BCUT2D eigenvalue weighted by atomic mass is 10.1. The largest absolute Gasteiger partial charge is 0.352 e. The van der Waals surface area contributed by atoms with E-state index in [2.05, 4.69) is 29.0 Å². The predicted molar refractivity (Wildman–Crippen MR) is 72.9 cm³/mol. The van der Waals surface area contributed by atoms with Crippen LogP contribution in [0, 0.1) is 0 Å². The normalized spacial score (nSPS) is 22.7. The van der Waals surface area contributed by atoms with Crippen molar-refractivity contribution in [2.24, 2.45) is 0 Å². The van der Waals surface area contributed by atoms with E-state index in [1.165, 1.54) is 11.4 Å². The molecule has 1 fully saturated rings. The topological polar surface area (TPSA) is 59.0 Å². The highest BCUT2D eigenvalue weighted by Crippen LogP contribution is 2.23. The maximum absolute atomic E-state index is 11.3. The third-order valence-electron chi connectivity index (χ3n) is 4.02. The summed E-state index contributed by atoms with van der Waals surface area (Å²) in [5, 5.41) is 6.44. The van der Waals surface area contributed by atoms with Gasteiger partial charge in [0.05, 0.1) is 5.69 Å². The van der Waals surface area contributed by atoms with E-state index >= 15 is 0 Å². The minimum Gasteiger partial charge on any atom is -0.352 e. The fourth-order valence-corrected chi connectivity index (χ4v) is 3.07. The second-order valence-electron chi connectivity index (χ2n) is 5.86. The molecule has 2 N–H and O–H groups in total. The summed E-state index contributed by atoms with van der Waals surface area (Å²) in [6.45, 7) is 7.14. The van der Waals surface area contributed by atoms with Crippen LogP contribution in [-0.2, 0) is 24.3 Å². The number of imidazole rings is 1. The summed E-state index contributed by atoms with van der Waals surface area (Å²) in [5.41, 5.74) is 2.56. The minimum absolute atomic E-state index is 0.187. The maximum atomic E-state index is 11.3. The molecule has 2 aliphatic heterocycles. The summed E-state index contributed by atoms with van der Waals surface area (Å²) >= 11 is 0. The molecule has 1 amide bonds. The average molecular weight is 262 g/mol. The summed E-state index contributed by atoms with van der Waals surface area (Å²) in [6, 6.07) is 0.276. The highest BCUT2D eigenvalue weighted by atomic mass is 16.1. The number of amides is 1. The number of nitrogens with one attached hydrogen (secondary N) is 2. The SMILES string of the molecule is CC(C)c1nc2c(n1CC1CCC(=O)N1)CCNC2. The summed E-state index contributed by atoms with van der Waals surface area (Å²) in [6.07, 6.45) is 2.65. The number of hydrogen-bond acceptors (Lipinski definition) is 3. The molecule has 2 aliphatic rings. The van der Waals surface area contributed by atoms with Crippen LogP contribution in [0.15, 0.2) is 0 Å². The van der Waals surface area contributed by atoms with E-state index in [-0.39, 0.29) is 11.9 Å². The van der Waals surface area contributed by atoms with Crippen LogP contribution in [0.5, 0.6) is 0 Å². The fourth-order valence-electron chi connectivity index (χ4n) is 3.07. The smallest absolute Gasteiger partial charge is 0.220 e. The van der Waals surface area contributed by atoms with Gasteiger partial charge >= 0.3 is 0 Å². The number of carbonyl (C=O) groups excluding carboxylic acids is 1. The van der Waals surface area contributed by atoms with Gasteiger partial charge in [-0.05, 0) is 6.42 Å². The standard InChI is InChI=1S/C14H22N4O/c1-9(2)14-17-11-7-15-6-5-12(11)18(14)8-10-3-4-13(19)16-10/h9-10,15H,3-8H2,1-2H3,(H,16,19). The van der Waals surface area contributed by atoms with Crippen LogP contribution in [0.25, 0.3) is 0 Å². The molecular weight excluding hydrogens is 240 g/mol. The monoisotopic (exact) mass is 262 g/mol. The van der Waals surface area contributed by atoms with Gasteiger partial charge in [0.2, 0.25) is 5.91 Å². The van der Waals surface area contributed by atoms with Crippen LogP contribution >= 0.6 is 0 Å². The Morgan fingerprint density at radius 1 is 1.42 bits per heavy atom. The highest BCUT2D eigenvalue weighted by Gasteiger charge is 2.26. The zero-order valence-electron chi connectivity index (χ0n) is 11.7. The van der Waals surface area contributed by atoms with Crippen LogP contribution in [0.2, 0.25) is 0 Å². The quantitative estimate of drug-likeness (QED) is 0.852. The lowest BCUT2D eigenvalue weighted by Gasteiger charge is -2.20. The summed E-state index contributed by atoms with van der Waals surface area (Å²) in [5.74, 6) is 1.77. The van der Waals surface area contributed by atoms with E-state index in [1.54, 1.807) is 0 Å². The molecule has 1 saturated heterocycles. The van der Waals surface area contributed by atoms with Gasteiger partial charge in [-0.2, -0.15) is 0 Å².